The number of hydrogen-bond donors (Lipinski definition) is 2. The Morgan fingerprint density at radius 3 is 2.88 bits per heavy atom. The van der Waals surface area contributed by atoms with E-state index in [1.807, 2.05) is 6.07 Å². The maximum atomic E-state index is 10.9. The fourth-order valence-corrected chi connectivity index (χ4v) is 2.64. The standard InChI is InChI=1S/C10H7BrN2O2S/c11-7-3-6(9(14)15)4-8(5-7)16-10-12-1-2-13-10/h1-5H,(H,12,13)(H,14,15). The van der Waals surface area contributed by atoms with Gasteiger partial charge in [0.15, 0.2) is 5.16 Å². The number of carbonyl (C=O) groups is 1. The van der Waals surface area contributed by atoms with Gasteiger partial charge in [0.25, 0.3) is 0 Å². The molecule has 16 heavy (non-hydrogen) atoms. The lowest BCUT2D eigenvalue weighted by atomic mass is 10.2. The highest BCUT2D eigenvalue weighted by molar-refractivity contribution is 9.10. The molecule has 0 saturated heterocycles. The number of benzene rings is 1. The van der Waals surface area contributed by atoms with Crippen LogP contribution in [-0.2, 0) is 0 Å². The van der Waals surface area contributed by atoms with Gasteiger partial charge >= 0.3 is 5.97 Å². The molecule has 2 aromatic rings. The Labute approximate surface area is 104 Å². The molecule has 0 aliphatic rings. The predicted octanol–water partition coefficient (Wildman–Crippen LogP) is 3.02. The summed E-state index contributed by atoms with van der Waals surface area (Å²) in [6.45, 7) is 0. The van der Waals surface area contributed by atoms with Gasteiger partial charge in [-0.3, -0.25) is 0 Å². The summed E-state index contributed by atoms with van der Waals surface area (Å²) in [7, 11) is 0. The maximum absolute atomic E-state index is 10.9. The number of aromatic carboxylic acids is 1. The van der Waals surface area contributed by atoms with Crippen molar-refractivity contribution in [2.75, 3.05) is 0 Å². The first-order valence-electron chi connectivity index (χ1n) is 4.36. The number of aromatic amines is 1. The van der Waals surface area contributed by atoms with E-state index in [0.717, 1.165) is 14.5 Å². The lowest BCUT2D eigenvalue weighted by Gasteiger charge is -2.01. The molecule has 0 bridgehead atoms. The number of H-pyrrole nitrogens is 1. The van der Waals surface area contributed by atoms with Gasteiger partial charge in [0.05, 0.1) is 5.56 Å². The minimum absolute atomic E-state index is 0.253. The fraction of sp³-hybridized carbons (Fsp3) is 0. The van der Waals surface area contributed by atoms with Gasteiger partial charge in [-0.1, -0.05) is 27.7 Å². The SMILES string of the molecule is O=C(O)c1cc(Br)cc(Sc2ncc[nH]2)c1. The topological polar surface area (TPSA) is 66.0 Å². The van der Waals surface area contributed by atoms with Crippen molar-refractivity contribution < 1.29 is 9.90 Å². The number of carboxylic acid groups (broad SMARTS) is 1. The zero-order chi connectivity index (χ0) is 11.5. The van der Waals surface area contributed by atoms with E-state index >= 15 is 0 Å². The molecule has 0 saturated carbocycles. The summed E-state index contributed by atoms with van der Waals surface area (Å²) in [5.74, 6) is -0.942. The molecule has 0 unspecified atom stereocenters. The summed E-state index contributed by atoms with van der Waals surface area (Å²) in [6, 6.07) is 5.02. The molecular formula is C10H7BrN2O2S. The summed E-state index contributed by atoms with van der Waals surface area (Å²) in [4.78, 5) is 18.7. The Balaban J connectivity index is 2.31. The number of hydrogen-bond acceptors (Lipinski definition) is 3. The molecule has 0 aliphatic carbocycles. The lowest BCUT2D eigenvalue weighted by molar-refractivity contribution is 0.0696. The summed E-state index contributed by atoms with van der Waals surface area (Å²) in [5.41, 5.74) is 0.253. The van der Waals surface area contributed by atoms with Crippen molar-refractivity contribution in [1.29, 1.82) is 0 Å². The van der Waals surface area contributed by atoms with Crippen LogP contribution in [0.4, 0.5) is 0 Å². The number of nitrogens with one attached hydrogen (secondary N) is 1. The number of imidazole rings is 1. The van der Waals surface area contributed by atoms with Gasteiger partial charge < -0.3 is 10.1 Å². The number of nitrogens with zero attached hydrogens (tertiary/aromatic N) is 1. The first-order valence-corrected chi connectivity index (χ1v) is 5.97. The van der Waals surface area contributed by atoms with E-state index in [-0.39, 0.29) is 5.56 Å². The normalized spacial score (nSPS) is 10.3. The van der Waals surface area contributed by atoms with Gasteiger partial charge in [0, 0.05) is 21.8 Å². The predicted molar refractivity (Wildman–Crippen MR) is 63.8 cm³/mol. The third-order valence-corrected chi connectivity index (χ3v) is 3.15. The van der Waals surface area contributed by atoms with E-state index in [2.05, 4.69) is 25.9 Å². The Bertz CT molecular complexity index is 514. The Hall–Kier alpha value is -1.27. The van der Waals surface area contributed by atoms with Crippen molar-refractivity contribution in [3.63, 3.8) is 0 Å². The molecule has 0 radical (unpaired) electrons. The molecule has 1 aromatic heterocycles. The third-order valence-electron chi connectivity index (χ3n) is 1.81. The number of rotatable bonds is 3. The number of aromatic nitrogens is 2. The van der Waals surface area contributed by atoms with Crippen LogP contribution < -0.4 is 0 Å². The van der Waals surface area contributed by atoms with Crippen molar-refractivity contribution in [3.05, 3.63) is 40.6 Å². The van der Waals surface area contributed by atoms with Crippen molar-refractivity contribution in [3.8, 4) is 0 Å². The average Bonchev–Trinajstić information content (AvgIpc) is 2.69. The summed E-state index contributed by atoms with van der Waals surface area (Å²) in [5, 5.41) is 9.64. The van der Waals surface area contributed by atoms with Crippen molar-refractivity contribution in [2.24, 2.45) is 0 Å². The Morgan fingerprint density at radius 2 is 2.25 bits per heavy atom. The molecule has 6 heteroatoms. The van der Waals surface area contributed by atoms with Crippen LogP contribution >= 0.6 is 27.7 Å². The molecule has 0 aliphatic heterocycles. The van der Waals surface area contributed by atoms with Gasteiger partial charge in [0.2, 0.25) is 0 Å². The summed E-state index contributed by atoms with van der Waals surface area (Å²) in [6.07, 6.45) is 3.37. The second-order valence-corrected chi connectivity index (χ2v) is 4.96. The fourth-order valence-electron chi connectivity index (χ4n) is 1.16. The molecule has 0 amide bonds. The van der Waals surface area contributed by atoms with Crippen molar-refractivity contribution in [1.82, 2.24) is 9.97 Å². The van der Waals surface area contributed by atoms with Crippen LogP contribution in [0, 0.1) is 0 Å². The largest absolute Gasteiger partial charge is 0.478 e. The van der Waals surface area contributed by atoms with E-state index in [1.165, 1.54) is 11.8 Å². The molecule has 1 heterocycles. The molecule has 0 fully saturated rings. The van der Waals surface area contributed by atoms with Crippen LogP contribution in [0.25, 0.3) is 0 Å². The van der Waals surface area contributed by atoms with Crippen LogP contribution in [0.1, 0.15) is 10.4 Å². The van der Waals surface area contributed by atoms with Crippen molar-refractivity contribution in [2.45, 2.75) is 10.1 Å². The second-order valence-electron chi connectivity index (χ2n) is 2.98. The van der Waals surface area contributed by atoms with E-state index in [0.29, 0.717) is 0 Å². The van der Waals surface area contributed by atoms with Gasteiger partial charge in [-0.15, -0.1) is 0 Å². The van der Waals surface area contributed by atoms with Crippen molar-refractivity contribution >= 4 is 33.7 Å². The minimum Gasteiger partial charge on any atom is -0.478 e. The van der Waals surface area contributed by atoms with Gasteiger partial charge in [-0.25, -0.2) is 9.78 Å². The minimum atomic E-state index is -0.942. The van der Waals surface area contributed by atoms with E-state index in [9.17, 15) is 4.79 Å². The highest BCUT2D eigenvalue weighted by atomic mass is 79.9. The van der Waals surface area contributed by atoms with Crippen LogP contribution in [0.3, 0.4) is 0 Å². The highest BCUT2D eigenvalue weighted by Gasteiger charge is 2.07. The summed E-state index contributed by atoms with van der Waals surface area (Å²) >= 11 is 4.66. The number of carboxylic acids is 1. The smallest absolute Gasteiger partial charge is 0.335 e. The molecule has 4 nitrogen and oxygen atoms in total. The molecular weight excluding hydrogens is 292 g/mol. The average molecular weight is 299 g/mol. The maximum Gasteiger partial charge on any atom is 0.335 e. The van der Waals surface area contributed by atoms with Gasteiger partial charge in [-0.05, 0) is 18.2 Å². The molecule has 2 rings (SSSR count). The van der Waals surface area contributed by atoms with Crippen LogP contribution in [0.2, 0.25) is 0 Å². The highest BCUT2D eigenvalue weighted by Crippen LogP contribution is 2.28. The molecule has 0 spiro atoms. The first kappa shape index (κ1) is 11.2. The Kier molecular flexibility index (Phi) is 3.31. The molecule has 0 atom stereocenters. The lowest BCUT2D eigenvalue weighted by Crippen LogP contribution is -1.96. The van der Waals surface area contributed by atoms with E-state index in [4.69, 9.17) is 5.11 Å². The zero-order valence-corrected chi connectivity index (χ0v) is 10.4. The monoisotopic (exact) mass is 298 g/mol. The summed E-state index contributed by atoms with van der Waals surface area (Å²) < 4.78 is 0.737. The first-order chi connectivity index (χ1) is 7.65. The van der Waals surface area contributed by atoms with E-state index < -0.39 is 5.97 Å². The Morgan fingerprint density at radius 1 is 1.44 bits per heavy atom. The van der Waals surface area contributed by atoms with Gasteiger partial charge in [-0.2, -0.15) is 0 Å². The molecule has 2 N–H and O–H groups in total. The molecule has 82 valence electrons. The second kappa shape index (κ2) is 4.71. The van der Waals surface area contributed by atoms with E-state index in [1.54, 1.807) is 24.5 Å². The molecule has 1 aromatic carbocycles. The van der Waals surface area contributed by atoms with Crippen LogP contribution in [-0.4, -0.2) is 21.0 Å². The third kappa shape index (κ3) is 2.65. The quantitative estimate of drug-likeness (QED) is 0.914. The van der Waals surface area contributed by atoms with Crippen LogP contribution in [0.15, 0.2) is 45.1 Å². The zero-order valence-electron chi connectivity index (χ0n) is 7.98. The number of halogens is 1. The van der Waals surface area contributed by atoms with Gasteiger partial charge in [0.1, 0.15) is 0 Å². The van der Waals surface area contributed by atoms with Crippen LogP contribution in [0.5, 0.6) is 0 Å².